The van der Waals surface area contributed by atoms with Gasteiger partial charge < -0.3 is 19.2 Å². The minimum atomic E-state index is -0.237. The molecule has 0 saturated carbocycles. The van der Waals surface area contributed by atoms with Gasteiger partial charge in [-0.15, -0.1) is 11.3 Å². The SMILES string of the molecule is O=C(Nc1ccc2c(c1)OCCCO2)c1sc(-c2ccco2)nc1-c1ccccc1. The molecule has 0 fully saturated rings. The number of hydrogen-bond donors (Lipinski definition) is 1. The monoisotopic (exact) mass is 418 g/mol. The Morgan fingerprint density at radius 3 is 2.60 bits per heavy atom. The van der Waals surface area contributed by atoms with E-state index in [1.54, 1.807) is 18.4 Å². The van der Waals surface area contributed by atoms with E-state index in [1.165, 1.54) is 11.3 Å². The second kappa shape index (κ2) is 8.04. The van der Waals surface area contributed by atoms with E-state index in [9.17, 15) is 4.79 Å². The summed E-state index contributed by atoms with van der Waals surface area (Å²) in [7, 11) is 0. The molecule has 0 saturated heterocycles. The summed E-state index contributed by atoms with van der Waals surface area (Å²) in [4.78, 5) is 18.4. The number of anilines is 1. The number of furan rings is 1. The number of benzene rings is 2. The van der Waals surface area contributed by atoms with E-state index in [1.807, 2.05) is 48.5 Å². The van der Waals surface area contributed by atoms with Crippen LogP contribution in [0.2, 0.25) is 0 Å². The van der Waals surface area contributed by atoms with Crippen molar-refractivity contribution in [2.24, 2.45) is 0 Å². The summed E-state index contributed by atoms with van der Waals surface area (Å²) < 4.78 is 16.9. The van der Waals surface area contributed by atoms with E-state index >= 15 is 0 Å². The molecule has 0 spiro atoms. The Kier molecular flexibility index (Phi) is 4.94. The third-order valence-corrected chi connectivity index (χ3v) is 5.69. The first-order valence-electron chi connectivity index (χ1n) is 9.59. The van der Waals surface area contributed by atoms with Crippen LogP contribution < -0.4 is 14.8 Å². The van der Waals surface area contributed by atoms with Gasteiger partial charge in [-0.05, 0) is 24.3 Å². The minimum Gasteiger partial charge on any atom is -0.490 e. The average molecular weight is 418 g/mol. The Labute approximate surface area is 177 Å². The number of carbonyl (C=O) groups excluding carboxylic acids is 1. The van der Waals surface area contributed by atoms with Crippen LogP contribution >= 0.6 is 11.3 Å². The summed E-state index contributed by atoms with van der Waals surface area (Å²) in [6, 6.07) is 18.7. The molecule has 1 aliphatic rings. The highest BCUT2D eigenvalue weighted by Gasteiger charge is 2.22. The van der Waals surface area contributed by atoms with Crippen LogP contribution in [0, 0.1) is 0 Å². The number of nitrogens with zero attached hydrogens (tertiary/aromatic N) is 1. The van der Waals surface area contributed by atoms with Crippen molar-refractivity contribution >= 4 is 22.9 Å². The lowest BCUT2D eigenvalue weighted by Gasteiger charge is -2.10. The van der Waals surface area contributed by atoms with Crippen molar-refractivity contribution in [2.45, 2.75) is 6.42 Å². The molecule has 0 bridgehead atoms. The molecule has 150 valence electrons. The van der Waals surface area contributed by atoms with Gasteiger partial charge in [0.25, 0.3) is 5.91 Å². The zero-order valence-corrected chi connectivity index (χ0v) is 16.8. The largest absolute Gasteiger partial charge is 0.490 e. The van der Waals surface area contributed by atoms with E-state index in [0.717, 1.165) is 12.0 Å². The van der Waals surface area contributed by atoms with Crippen LogP contribution in [0.1, 0.15) is 16.1 Å². The lowest BCUT2D eigenvalue weighted by Crippen LogP contribution is -2.11. The highest BCUT2D eigenvalue weighted by atomic mass is 32.1. The molecule has 4 aromatic rings. The molecule has 1 N–H and O–H groups in total. The normalized spacial score (nSPS) is 12.9. The van der Waals surface area contributed by atoms with E-state index in [0.29, 0.717) is 51.7 Å². The topological polar surface area (TPSA) is 73.6 Å². The fraction of sp³-hybridized carbons (Fsp3) is 0.130. The standard InChI is InChI=1S/C23H18N2O4S/c26-22(24-16-9-10-17-19(14-16)29-13-5-12-27-17)21-20(15-6-2-1-3-7-15)25-23(30-21)18-8-4-11-28-18/h1-4,6-11,14H,5,12-13H2,(H,24,26). The van der Waals surface area contributed by atoms with Crippen LogP contribution in [0.25, 0.3) is 22.0 Å². The molecule has 2 aromatic heterocycles. The van der Waals surface area contributed by atoms with Crippen molar-refractivity contribution in [3.63, 3.8) is 0 Å². The number of nitrogens with one attached hydrogen (secondary N) is 1. The van der Waals surface area contributed by atoms with Gasteiger partial charge in [0.05, 0.1) is 25.2 Å². The molecule has 0 atom stereocenters. The maximum absolute atomic E-state index is 13.2. The maximum Gasteiger partial charge on any atom is 0.268 e. The van der Waals surface area contributed by atoms with Gasteiger partial charge in [0.2, 0.25) is 0 Å². The van der Waals surface area contributed by atoms with Crippen molar-refractivity contribution < 1.29 is 18.7 Å². The van der Waals surface area contributed by atoms with Gasteiger partial charge in [0, 0.05) is 23.7 Å². The zero-order chi connectivity index (χ0) is 20.3. The van der Waals surface area contributed by atoms with Crippen molar-refractivity contribution in [1.82, 2.24) is 4.98 Å². The molecule has 2 aromatic carbocycles. The Balaban J connectivity index is 1.48. The number of ether oxygens (including phenoxy) is 2. The maximum atomic E-state index is 13.2. The molecular weight excluding hydrogens is 400 g/mol. The Hall–Kier alpha value is -3.58. The van der Waals surface area contributed by atoms with Crippen LogP contribution in [0.3, 0.4) is 0 Å². The number of hydrogen-bond acceptors (Lipinski definition) is 6. The molecule has 5 rings (SSSR count). The molecule has 0 radical (unpaired) electrons. The fourth-order valence-electron chi connectivity index (χ4n) is 3.20. The van der Waals surface area contributed by atoms with E-state index in [2.05, 4.69) is 10.3 Å². The van der Waals surface area contributed by atoms with Crippen LogP contribution in [-0.2, 0) is 0 Å². The van der Waals surface area contributed by atoms with Gasteiger partial charge in [-0.1, -0.05) is 30.3 Å². The number of aromatic nitrogens is 1. The lowest BCUT2D eigenvalue weighted by molar-refractivity contribution is 0.103. The van der Waals surface area contributed by atoms with Crippen molar-refractivity contribution in [2.75, 3.05) is 18.5 Å². The van der Waals surface area contributed by atoms with Crippen LogP contribution in [0.5, 0.6) is 11.5 Å². The minimum absolute atomic E-state index is 0.237. The fourth-order valence-corrected chi connectivity index (χ4v) is 4.15. The van der Waals surface area contributed by atoms with Gasteiger partial charge in [-0.25, -0.2) is 4.98 Å². The molecule has 1 amide bonds. The Morgan fingerprint density at radius 2 is 1.80 bits per heavy atom. The molecule has 0 unspecified atom stereocenters. The highest BCUT2D eigenvalue weighted by Crippen LogP contribution is 2.36. The van der Waals surface area contributed by atoms with Crippen LogP contribution in [0.15, 0.2) is 71.3 Å². The molecule has 30 heavy (non-hydrogen) atoms. The summed E-state index contributed by atoms with van der Waals surface area (Å²) in [5.41, 5.74) is 2.13. The van der Waals surface area contributed by atoms with Gasteiger partial charge in [0.15, 0.2) is 22.3 Å². The molecule has 3 heterocycles. The quantitative estimate of drug-likeness (QED) is 0.475. The summed E-state index contributed by atoms with van der Waals surface area (Å²) >= 11 is 1.30. The predicted molar refractivity (Wildman–Crippen MR) is 115 cm³/mol. The first-order chi connectivity index (χ1) is 14.8. The summed E-state index contributed by atoms with van der Waals surface area (Å²) in [5.74, 6) is 1.72. The number of amides is 1. The molecule has 0 aliphatic carbocycles. The second-order valence-corrected chi connectivity index (χ2v) is 7.71. The summed E-state index contributed by atoms with van der Waals surface area (Å²) in [5, 5.41) is 3.62. The third kappa shape index (κ3) is 3.67. The van der Waals surface area contributed by atoms with Crippen molar-refractivity contribution in [3.8, 4) is 33.5 Å². The molecule has 7 heteroatoms. The van der Waals surface area contributed by atoms with E-state index < -0.39 is 0 Å². The first kappa shape index (κ1) is 18.4. The Morgan fingerprint density at radius 1 is 0.967 bits per heavy atom. The smallest absolute Gasteiger partial charge is 0.268 e. The number of thiazole rings is 1. The number of carbonyl (C=O) groups is 1. The molecular formula is C23H18N2O4S. The number of fused-ring (bicyclic) bond motifs is 1. The van der Waals surface area contributed by atoms with Gasteiger partial charge in [-0.3, -0.25) is 4.79 Å². The lowest BCUT2D eigenvalue weighted by atomic mass is 10.1. The average Bonchev–Trinajstić information content (AvgIpc) is 3.40. The summed E-state index contributed by atoms with van der Waals surface area (Å²) in [6.07, 6.45) is 2.42. The van der Waals surface area contributed by atoms with Gasteiger partial charge in [-0.2, -0.15) is 0 Å². The van der Waals surface area contributed by atoms with Gasteiger partial charge in [0.1, 0.15) is 4.88 Å². The van der Waals surface area contributed by atoms with E-state index in [4.69, 9.17) is 13.9 Å². The van der Waals surface area contributed by atoms with Crippen LogP contribution in [-0.4, -0.2) is 24.1 Å². The predicted octanol–water partition coefficient (Wildman–Crippen LogP) is 5.48. The molecule has 1 aliphatic heterocycles. The van der Waals surface area contributed by atoms with Crippen molar-refractivity contribution in [1.29, 1.82) is 0 Å². The van der Waals surface area contributed by atoms with Crippen molar-refractivity contribution in [3.05, 3.63) is 71.8 Å². The zero-order valence-electron chi connectivity index (χ0n) is 16.0. The summed E-state index contributed by atoms with van der Waals surface area (Å²) in [6.45, 7) is 1.21. The second-order valence-electron chi connectivity index (χ2n) is 6.71. The van der Waals surface area contributed by atoms with E-state index in [-0.39, 0.29) is 5.91 Å². The van der Waals surface area contributed by atoms with Crippen LogP contribution in [0.4, 0.5) is 5.69 Å². The molecule has 6 nitrogen and oxygen atoms in total. The Bertz CT molecular complexity index is 1170. The third-order valence-electron chi connectivity index (χ3n) is 4.62. The number of rotatable bonds is 4. The first-order valence-corrected chi connectivity index (χ1v) is 10.4. The van der Waals surface area contributed by atoms with Gasteiger partial charge >= 0.3 is 0 Å². The highest BCUT2D eigenvalue weighted by molar-refractivity contribution is 7.17.